The molecular weight excluding hydrogens is 196 g/mol. The number of piperazine rings is 1. The van der Waals surface area contributed by atoms with E-state index in [2.05, 4.69) is 44.8 Å². The van der Waals surface area contributed by atoms with Gasteiger partial charge >= 0.3 is 0 Å². The Morgan fingerprint density at radius 3 is 2.44 bits per heavy atom. The number of nitrogens with one attached hydrogen (secondary N) is 1. The van der Waals surface area contributed by atoms with Gasteiger partial charge in [-0.25, -0.2) is 0 Å². The fraction of sp³-hybridized carbons (Fsp3) is 1.00. The van der Waals surface area contributed by atoms with Gasteiger partial charge in [0.15, 0.2) is 0 Å². The summed E-state index contributed by atoms with van der Waals surface area (Å²) in [6, 6.07) is 0.704. The summed E-state index contributed by atoms with van der Waals surface area (Å²) in [5, 5.41) is 3.81. The van der Waals surface area contributed by atoms with Crippen molar-refractivity contribution in [3.05, 3.63) is 0 Å². The molecular formula is C14H28N2. The van der Waals surface area contributed by atoms with Crippen molar-refractivity contribution in [1.82, 2.24) is 10.2 Å². The Balaban J connectivity index is 2.11. The van der Waals surface area contributed by atoms with E-state index in [1.807, 2.05) is 0 Å². The minimum atomic E-state index is 0.309. The van der Waals surface area contributed by atoms with Gasteiger partial charge in [0, 0.05) is 30.2 Å². The molecule has 0 amide bonds. The van der Waals surface area contributed by atoms with E-state index in [0.717, 1.165) is 12.5 Å². The maximum Gasteiger partial charge on any atom is 0.0309 e. The molecule has 0 aromatic rings. The van der Waals surface area contributed by atoms with Gasteiger partial charge in [-0.2, -0.15) is 0 Å². The van der Waals surface area contributed by atoms with E-state index in [1.165, 1.54) is 25.8 Å². The number of hydrogen-bond donors (Lipinski definition) is 1. The smallest absolute Gasteiger partial charge is 0.0309 e. The van der Waals surface area contributed by atoms with Crippen LogP contribution in [0.25, 0.3) is 0 Å². The van der Waals surface area contributed by atoms with E-state index in [1.54, 1.807) is 0 Å². The van der Waals surface area contributed by atoms with E-state index in [4.69, 9.17) is 0 Å². The second-order valence-corrected chi connectivity index (χ2v) is 6.74. The molecule has 1 N–H and O–H groups in total. The monoisotopic (exact) mass is 224 g/mol. The van der Waals surface area contributed by atoms with Crippen molar-refractivity contribution < 1.29 is 0 Å². The van der Waals surface area contributed by atoms with Crippen LogP contribution in [0, 0.1) is 5.92 Å². The SMILES string of the molecule is CCC(C)N1CC(C)(C2CC2)NCC1(C)C. The van der Waals surface area contributed by atoms with Crippen LogP contribution in [-0.4, -0.2) is 35.1 Å². The molecule has 2 rings (SSSR count). The third-order valence-electron chi connectivity index (χ3n) is 4.80. The zero-order chi connectivity index (χ0) is 12.0. The largest absolute Gasteiger partial charge is 0.308 e. The third-order valence-corrected chi connectivity index (χ3v) is 4.80. The highest BCUT2D eigenvalue weighted by atomic mass is 15.3. The standard InChI is InChI=1S/C14H28N2/c1-6-11(2)16-10-14(5,12-7-8-12)15-9-13(16,3)4/h11-12,15H,6-10H2,1-5H3. The molecule has 0 radical (unpaired) electrons. The van der Waals surface area contributed by atoms with Crippen LogP contribution in [-0.2, 0) is 0 Å². The van der Waals surface area contributed by atoms with Crippen molar-refractivity contribution in [1.29, 1.82) is 0 Å². The molecule has 94 valence electrons. The predicted molar refractivity (Wildman–Crippen MR) is 69.7 cm³/mol. The van der Waals surface area contributed by atoms with E-state index < -0.39 is 0 Å². The molecule has 16 heavy (non-hydrogen) atoms. The minimum Gasteiger partial charge on any atom is -0.308 e. The number of rotatable bonds is 3. The van der Waals surface area contributed by atoms with Gasteiger partial charge in [0.2, 0.25) is 0 Å². The van der Waals surface area contributed by atoms with Gasteiger partial charge in [0.1, 0.15) is 0 Å². The predicted octanol–water partition coefficient (Wildman–Crippen LogP) is 2.64. The van der Waals surface area contributed by atoms with Crippen LogP contribution in [0.2, 0.25) is 0 Å². The van der Waals surface area contributed by atoms with Crippen molar-refractivity contribution in [2.45, 2.75) is 71.0 Å². The molecule has 2 fully saturated rings. The van der Waals surface area contributed by atoms with Crippen LogP contribution in [0.5, 0.6) is 0 Å². The van der Waals surface area contributed by atoms with Crippen LogP contribution in [0.15, 0.2) is 0 Å². The molecule has 2 unspecified atom stereocenters. The maximum absolute atomic E-state index is 3.81. The van der Waals surface area contributed by atoms with Crippen molar-refractivity contribution in [3.8, 4) is 0 Å². The lowest BCUT2D eigenvalue weighted by Gasteiger charge is -2.53. The summed E-state index contributed by atoms with van der Waals surface area (Å²) >= 11 is 0. The van der Waals surface area contributed by atoms with Crippen LogP contribution >= 0.6 is 0 Å². The molecule has 0 bridgehead atoms. The molecule has 0 spiro atoms. The summed E-state index contributed by atoms with van der Waals surface area (Å²) in [5.41, 5.74) is 0.683. The summed E-state index contributed by atoms with van der Waals surface area (Å²) in [6.45, 7) is 14.2. The first-order valence-electron chi connectivity index (χ1n) is 6.91. The number of hydrogen-bond acceptors (Lipinski definition) is 2. The van der Waals surface area contributed by atoms with Crippen LogP contribution in [0.1, 0.15) is 53.9 Å². The van der Waals surface area contributed by atoms with E-state index >= 15 is 0 Å². The Morgan fingerprint density at radius 2 is 1.94 bits per heavy atom. The molecule has 1 aliphatic carbocycles. The first kappa shape index (κ1) is 12.4. The van der Waals surface area contributed by atoms with E-state index in [-0.39, 0.29) is 0 Å². The first-order chi connectivity index (χ1) is 7.39. The summed E-state index contributed by atoms with van der Waals surface area (Å²) in [4.78, 5) is 2.72. The van der Waals surface area contributed by atoms with Crippen LogP contribution in [0.3, 0.4) is 0 Å². The molecule has 0 aromatic heterocycles. The van der Waals surface area contributed by atoms with Gasteiger partial charge in [-0.05, 0) is 52.9 Å². The first-order valence-corrected chi connectivity index (χ1v) is 6.91. The molecule has 1 heterocycles. The van der Waals surface area contributed by atoms with Gasteiger partial charge in [-0.3, -0.25) is 4.90 Å². The lowest BCUT2D eigenvalue weighted by atomic mass is 9.85. The third kappa shape index (κ3) is 2.14. The highest BCUT2D eigenvalue weighted by molar-refractivity contribution is 5.07. The summed E-state index contributed by atoms with van der Waals surface area (Å²) in [7, 11) is 0. The van der Waals surface area contributed by atoms with Crippen LogP contribution in [0.4, 0.5) is 0 Å². The van der Waals surface area contributed by atoms with Crippen LogP contribution < -0.4 is 5.32 Å². The Kier molecular flexibility index (Phi) is 3.09. The quantitative estimate of drug-likeness (QED) is 0.793. The molecule has 2 atom stereocenters. The highest BCUT2D eigenvalue weighted by Gasteiger charge is 2.48. The minimum absolute atomic E-state index is 0.309. The second kappa shape index (κ2) is 3.99. The van der Waals surface area contributed by atoms with E-state index in [0.29, 0.717) is 17.1 Å². The maximum atomic E-state index is 3.81. The molecule has 1 saturated heterocycles. The molecule has 2 nitrogen and oxygen atoms in total. The Morgan fingerprint density at radius 1 is 1.31 bits per heavy atom. The van der Waals surface area contributed by atoms with E-state index in [9.17, 15) is 0 Å². The molecule has 0 aromatic carbocycles. The summed E-state index contributed by atoms with van der Waals surface area (Å²) in [5.74, 6) is 0.926. The van der Waals surface area contributed by atoms with Gasteiger partial charge < -0.3 is 5.32 Å². The normalized spacial score (nSPS) is 37.3. The van der Waals surface area contributed by atoms with Gasteiger partial charge in [0.05, 0.1) is 0 Å². The van der Waals surface area contributed by atoms with Gasteiger partial charge in [0.25, 0.3) is 0 Å². The zero-order valence-electron chi connectivity index (χ0n) is 11.6. The average Bonchev–Trinajstić information content (AvgIpc) is 3.05. The van der Waals surface area contributed by atoms with Crippen molar-refractivity contribution >= 4 is 0 Å². The zero-order valence-corrected chi connectivity index (χ0v) is 11.6. The fourth-order valence-electron chi connectivity index (χ4n) is 3.11. The second-order valence-electron chi connectivity index (χ2n) is 6.74. The molecule has 2 aliphatic rings. The Hall–Kier alpha value is -0.0800. The fourth-order valence-corrected chi connectivity index (χ4v) is 3.11. The van der Waals surface area contributed by atoms with Crippen molar-refractivity contribution in [2.75, 3.05) is 13.1 Å². The lowest BCUT2D eigenvalue weighted by Crippen LogP contribution is -2.69. The topological polar surface area (TPSA) is 15.3 Å². The lowest BCUT2D eigenvalue weighted by molar-refractivity contribution is -0.00510. The van der Waals surface area contributed by atoms with Gasteiger partial charge in [-0.1, -0.05) is 6.92 Å². The van der Waals surface area contributed by atoms with Crippen molar-refractivity contribution in [2.24, 2.45) is 5.92 Å². The number of nitrogens with zero attached hydrogens (tertiary/aromatic N) is 1. The Bertz CT molecular complexity index is 257. The summed E-state index contributed by atoms with van der Waals surface area (Å²) < 4.78 is 0. The molecule has 1 saturated carbocycles. The van der Waals surface area contributed by atoms with Crippen molar-refractivity contribution in [3.63, 3.8) is 0 Å². The molecule has 2 heteroatoms. The average molecular weight is 224 g/mol. The Labute approximate surface area is 101 Å². The molecule has 1 aliphatic heterocycles. The summed E-state index contributed by atoms with van der Waals surface area (Å²) in [6.07, 6.45) is 4.11. The van der Waals surface area contributed by atoms with Gasteiger partial charge in [-0.15, -0.1) is 0 Å². The highest BCUT2D eigenvalue weighted by Crippen LogP contribution is 2.43.